The van der Waals surface area contributed by atoms with Gasteiger partial charge in [0.05, 0.1) is 138 Å². The maximum absolute atomic E-state index is 13.1. The van der Waals surface area contributed by atoms with Gasteiger partial charge in [-0.05, 0) is 46.6 Å². The summed E-state index contributed by atoms with van der Waals surface area (Å²) in [6, 6.07) is 24.2. The van der Waals surface area contributed by atoms with Crippen LogP contribution < -0.4 is 31.9 Å². The van der Waals surface area contributed by atoms with E-state index in [-0.39, 0.29) is 64.2 Å². The molecular weight excluding hydrogens is 1040 g/mol. The lowest BCUT2D eigenvalue weighted by molar-refractivity contribution is -0.141. The standard InChI is InChI=1S/C56H78N6O18/c63-50(58-36-51(64)59-38-53(66)62-48(34-41-8-2-1-3-9-41)55(69)60-37-52(65)61-40-80-49(35-54(67)68)42-14-15-42)16-18-71-20-22-73-24-26-75-28-30-77-32-33-78-31-29-76-27-25-74-23-21-72-19-17-57-56(70)79-39-47-45-12-6-4-10-43(45)44-11-5-7-13-46(44)47/h1-13,42,47-49H,14-40H2,(H,57,70)(H,58,63)(H,59,64)(H,60,69)(H,61,65)(H,62,66)(H,67,68)/t48-,49-/m0/s1. The largest absolute Gasteiger partial charge is 0.481 e. The maximum atomic E-state index is 13.1. The number of carboxylic acids is 1. The molecule has 3 aromatic rings. The van der Waals surface area contributed by atoms with Crippen molar-refractivity contribution in [2.75, 3.05) is 145 Å². The Labute approximate surface area is 466 Å². The number of aliphatic carboxylic acids is 1. The van der Waals surface area contributed by atoms with Gasteiger partial charge in [0.15, 0.2) is 0 Å². The molecule has 0 aromatic heterocycles. The molecule has 5 rings (SSSR count). The molecule has 0 unspecified atom stereocenters. The van der Waals surface area contributed by atoms with E-state index in [4.69, 9.17) is 52.5 Å². The van der Waals surface area contributed by atoms with Crippen LogP contribution in [0.25, 0.3) is 11.1 Å². The highest BCUT2D eigenvalue weighted by Crippen LogP contribution is 2.44. The van der Waals surface area contributed by atoms with E-state index in [2.05, 4.69) is 56.2 Å². The van der Waals surface area contributed by atoms with E-state index in [9.17, 15) is 33.6 Å². The molecule has 1 saturated carbocycles. The molecule has 24 nitrogen and oxygen atoms in total. The SMILES string of the molecule is O=C(O)C[C@H](OCNC(=O)CNC(=O)[C@H](Cc1ccccc1)NC(=O)CNC(=O)CNC(=O)CCOCCOCCOCCOCCOCCOCCOCCOCCNC(=O)OCC1c2ccccc2-c2ccccc21)C1CC1. The van der Waals surface area contributed by atoms with Crippen molar-refractivity contribution < 1.29 is 86.0 Å². The van der Waals surface area contributed by atoms with E-state index in [1.54, 1.807) is 30.3 Å². The topological polar surface area (TPSA) is 304 Å². The fourth-order valence-corrected chi connectivity index (χ4v) is 8.08. The first-order chi connectivity index (χ1) is 39.1. The first-order valence-corrected chi connectivity index (χ1v) is 27.0. The Morgan fingerprint density at radius 1 is 0.500 bits per heavy atom. The van der Waals surface area contributed by atoms with Crippen LogP contribution in [0.15, 0.2) is 78.9 Å². The number of carboxylic acid groups (broad SMARTS) is 1. The van der Waals surface area contributed by atoms with E-state index in [0.717, 1.165) is 18.4 Å². The molecule has 2 atom stereocenters. The summed E-state index contributed by atoms with van der Waals surface area (Å²) >= 11 is 0. The minimum Gasteiger partial charge on any atom is -0.481 e. The van der Waals surface area contributed by atoms with Crippen LogP contribution in [0.2, 0.25) is 0 Å². The number of alkyl carbamates (subject to hydrolysis) is 1. The molecule has 0 saturated heterocycles. The van der Waals surface area contributed by atoms with Crippen molar-refractivity contribution in [1.82, 2.24) is 31.9 Å². The van der Waals surface area contributed by atoms with Gasteiger partial charge in [-0.2, -0.15) is 0 Å². The minimum absolute atomic E-state index is 0.00584. The molecule has 0 heterocycles. The Hall–Kier alpha value is -6.61. The molecule has 7 N–H and O–H groups in total. The molecule has 2 aliphatic carbocycles. The number of benzene rings is 3. The van der Waals surface area contributed by atoms with E-state index in [1.165, 1.54) is 22.3 Å². The molecule has 1 fully saturated rings. The molecule has 0 bridgehead atoms. The zero-order valence-corrected chi connectivity index (χ0v) is 45.3. The fraction of sp³-hybridized carbons (Fsp3) is 0.554. The predicted octanol–water partition coefficient (Wildman–Crippen LogP) is 1.47. The van der Waals surface area contributed by atoms with Crippen molar-refractivity contribution in [3.8, 4) is 11.1 Å². The highest BCUT2D eigenvalue weighted by molar-refractivity contribution is 5.93. The highest BCUT2D eigenvalue weighted by atomic mass is 16.6. The molecule has 440 valence electrons. The molecule has 0 aliphatic heterocycles. The van der Waals surface area contributed by atoms with Crippen LogP contribution in [0.3, 0.4) is 0 Å². The Kier molecular flexibility index (Phi) is 31.2. The van der Waals surface area contributed by atoms with Crippen molar-refractivity contribution in [1.29, 1.82) is 0 Å². The van der Waals surface area contributed by atoms with Crippen molar-refractivity contribution in [3.63, 3.8) is 0 Å². The number of nitrogens with one attached hydrogen (secondary N) is 6. The third kappa shape index (κ3) is 27.0. The summed E-state index contributed by atoms with van der Waals surface area (Å²) < 4.78 is 55.0. The van der Waals surface area contributed by atoms with Gasteiger partial charge in [-0.1, -0.05) is 78.9 Å². The van der Waals surface area contributed by atoms with Gasteiger partial charge < -0.3 is 84.4 Å². The molecule has 80 heavy (non-hydrogen) atoms. The number of rotatable bonds is 45. The molecule has 24 heteroatoms. The lowest BCUT2D eigenvalue weighted by Gasteiger charge is -2.19. The summed E-state index contributed by atoms with van der Waals surface area (Å²) in [7, 11) is 0. The van der Waals surface area contributed by atoms with Gasteiger partial charge in [-0.15, -0.1) is 0 Å². The highest BCUT2D eigenvalue weighted by Gasteiger charge is 2.34. The molecule has 2 aliphatic rings. The van der Waals surface area contributed by atoms with Crippen molar-refractivity contribution >= 4 is 41.6 Å². The average molecular weight is 1120 g/mol. The van der Waals surface area contributed by atoms with Gasteiger partial charge >= 0.3 is 12.1 Å². The third-order valence-corrected chi connectivity index (χ3v) is 12.3. The summed E-state index contributed by atoms with van der Waals surface area (Å²) in [5.74, 6) is -3.79. The second-order valence-corrected chi connectivity index (χ2v) is 18.4. The van der Waals surface area contributed by atoms with Crippen molar-refractivity contribution in [3.05, 3.63) is 95.6 Å². The van der Waals surface area contributed by atoms with Gasteiger partial charge in [0.2, 0.25) is 29.5 Å². The van der Waals surface area contributed by atoms with Crippen LogP contribution in [0.5, 0.6) is 0 Å². The number of fused-ring (bicyclic) bond motifs is 3. The van der Waals surface area contributed by atoms with Gasteiger partial charge in [-0.3, -0.25) is 28.8 Å². The van der Waals surface area contributed by atoms with Crippen LogP contribution in [0, 0.1) is 5.92 Å². The number of ether oxygens (including phenoxy) is 10. The van der Waals surface area contributed by atoms with E-state index in [1.807, 2.05) is 24.3 Å². The lowest BCUT2D eigenvalue weighted by atomic mass is 9.98. The third-order valence-electron chi connectivity index (χ3n) is 12.3. The van der Waals surface area contributed by atoms with E-state index < -0.39 is 66.8 Å². The molecule has 0 spiro atoms. The fourth-order valence-electron chi connectivity index (χ4n) is 8.08. The van der Waals surface area contributed by atoms with Crippen LogP contribution >= 0.6 is 0 Å². The second kappa shape index (κ2) is 38.9. The maximum Gasteiger partial charge on any atom is 0.407 e. The van der Waals surface area contributed by atoms with Gasteiger partial charge in [0, 0.05) is 25.3 Å². The van der Waals surface area contributed by atoms with Crippen molar-refractivity contribution in [2.45, 2.75) is 50.2 Å². The quantitative estimate of drug-likeness (QED) is 0.0311. The molecule has 0 radical (unpaired) electrons. The smallest absolute Gasteiger partial charge is 0.407 e. The normalized spacial score (nSPS) is 13.3. The molecular formula is C56H78N6O18. The number of carbonyl (C=O) groups excluding carboxylic acids is 6. The molecule has 6 amide bonds. The van der Waals surface area contributed by atoms with Crippen LogP contribution in [0.1, 0.15) is 48.3 Å². The van der Waals surface area contributed by atoms with Gasteiger partial charge in [0.1, 0.15) is 19.4 Å². The summed E-state index contributed by atoms with van der Waals surface area (Å²) in [6.45, 7) is 4.89. The summed E-state index contributed by atoms with van der Waals surface area (Å²) in [5, 5.41) is 24.2. The summed E-state index contributed by atoms with van der Waals surface area (Å²) in [4.78, 5) is 86.2. The number of carbonyl (C=O) groups is 7. The van der Waals surface area contributed by atoms with Gasteiger partial charge in [0.25, 0.3) is 0 Å². The van der Waals surface area contributed by atoms with Crippen LogP contribution in [-0.4, -0.2) is 204 Å². The molecule has 3 aromatic carbocycles. The number of hydrogen-bond acceptors (Lipinski definition) is 17. The second-order valence-electron chi connectivity index (χ2n) is 18.4. The summed E-state index contributed by atoms with van der Waals surface area (Å²) in [5.41, 5.74) is 5.43. The number of hydrogen-bond donors (Lipinski definition) is 7. The first-order valence-electron chi connectivity index (χ1n) is 27.0. The van der Waals surface area contributed by atoms with Crippen LogP contribution in [-0.2, 0) is 82.6 Å². The first kappa shape index (κ1) is 64.2. The zero-order valence-electron chi connectivity index (χ0n) is 45.3. The van der Waals surface area contributed by atoms with Crippen molar-refractivity contribution in [2.24, 2.45) is 5.92 Å². The minimum atomic E-state index is -1.09. The Morgan fingerprint density at radius 2 is 0.963 bits per heavy atom. The predicted molar refractivity (Wildman–Crippen MR) is 288 cm³/mol. The lowest BCUT2D eigenvalue weighted by Crippen LogP contribution is -2.52. The summed E-state index contributed by atoms with van der Waals surface area (Å²) in [6.07, 6.45) is 0.664. The Bertz CT molecular complexity index is 2280. The monoisotopic (exact) mass is 1120 g/mol. The van der Waals surface area contributed by atoms with E-state index >= 15 is 0 Å². The zero-order chi connectivity index (χ0) is 56.8. The van der Waals surface area contributed by atoms with E-state index in [0.29, 0.717) is 99.0 Å². The van der Waals surface area contributed by atoms with Crippen LogP contribution in [0.4, 0.5) is 4.79 Å². The number of amides is 6. The van der Waals surface area contributed by atoms with Gasteiger partial charge in [-0.25, -0.2) is 4.79 Å². The Morgan fingerprint density at radius 3 is 1.50 bits per heavy atom. The average Bonchev–Trinajstić information content (AvgIpc) is 4.36. The Balaban J connectivity index is 0.732.